The molecule has 0 saturated heterocycles. The third-order valence-electron chi connectivity index (χ3n) is 1.67. The number of hydrogen-bond acceptors (Lipinski definition) is 4. The average molecular weight is 239 g/mol. The Morgan fingerprint density at radius 1 is 1.53 bits per heavy atom. The van der Waals surface area contributed by atoms with Crippen molar-refractivity contribution in [2.75, 3.05) is 6.61 Å². The maximum Gasteiger partial charge on any atom is 0.346 e. The Labute approximate surface area is 86.6 Å². The van der Waals surface area contributed by atoms with Gasteiger partial charge in [0.15, 0.2) is 0 Å². The molecule has 0 amide bonds. The highest BCUT2D eigenvalue weighted by molar-refractivity contribution is 7.52. The molecule has 0 aliphatic carbocycles. The molecular weight excluding hydrogens is 225 g/mol. The quantitative estimate of drug-likeness (QED) is 0.288. The molecule has 0 radical (unpaired) electrons. The number of hydrogen-bond donors (Lipinski definition) is 5. The monoisotopic (exact) mass is 239 g/mol. The Hall–Kier alpha value is -0.720. The standard InChI is InChI=1S/C7H14NO6P/c1-2-6(15(12,13)14)8-5(3-4-9)7(10)11/h2,5-6,8-9H,1,3-4H2,(H,10,11)(H2,12,13,14)/t5-,6?/m0/s1. The molecule has 8 heteroatoms. The molecular formula is C7H14NO6P. The molecule has 5 N–H and O–H groups in total. The van der Waals surface area contributed by atoms with Gasteiger partial charge in [-0.3, -0.25) is 14.7 Å². The second-order valence-corrected chi connectivity index (χ2v) is 4.57. The van der Waals surface area contributed by atoms with Crippen molar-refractivity contribution in [2.45, 2.75) is 18.2 Å². The summed E-state index contributed by atoms with van der Waals surface area (Å²) < 4.78 is 10.8. The molecule has 88 valence electrons. The van der Waals surface area contributed by atoms with Crippen LogP contribution in [0.15, 0.2) is 12.7 Å². The van der Waals surface area contributed by atoms with Crippen molar-refractivity contribution < 1.29 is 29.4 Å². The number of aliphatic hydroxyl groups excluding tert-OH is 1. The highest BCUT2D eigenvalue weighted by Crippen LogP contribution is 2.40. The SMILES string of the molecule is C=CC(N[C@@H](CCO)C(=O)O)P(=O)(O)O. The summed E-state index contributed by atoms with van der Waals surface area (Å²) in [6, 6.07) is -1.22. The minimum atomic E-state index is -4.47. The number of aliphatic carboxylic acids is 1. The lowest BCUT2D eigenvalue weighted by Crippen LogP contribution is -2.42. The first-order valence-electron chi connectivity index (χ1n) is 4.10. The van der Waals surface area contributed by atoms with Gasteiger partial charge in [0, 0.05) is 6.61 Å². The summed E-state index contributed by atoms with van der Waals surface area (Å²) >= 11 is 0. The van der Waals surface area contributed by atoms with Crippen LogP contribution in [-0.2, 0) is 9.36 Å². The van der Waals surface area contributed by atoms with Gasteiger partial charge in [0.2, 0.25) is 0 Å². The molecule has 2 atom stereocenters. The molecule has 0 saturated carbocycles. The van der Waals surface area contributed by atoms with E-state index in [2.05, 4.69) is 11.9 Å². The summed E-state index contributed by atoms with van der Waals surface area (Å²) in [6.45, 7) is 2.80. The largest absolute Gasteiger partial charge is 0.480 e. The molecule has 0 rings (SSSR count). The fourth-order valence-corrected chi connectivity index (χ4v) is 1.56. The third kappa shape index (κ3) is 5.06. The van der Waals surface area contributed by atoms with E-state index in [0.717, 1.165) is 6.08 Å². The van der Waals surface area contributed by atoms with Gasteiger partial charge in [0.25, 0.3) is 0 Å². The van der Waals surface area contributed by atoms with E-state index in [1.54, 1.807) is 0 Å². The van der Waals surface area contributed by atoms with Gasteiger partial charge in [-0.15, -0.1) is 6.58 Å². The maximum absolute atomic E-state index is 10.8. The van der Waals surface area contributed by atoms with Crippen molar-refractivity contribution >= 4 is 13.6 Å². The molecule has 0 aromatic carbocycles. The van der Waals surface area contributed by atoms with E-state index in [1.165, 1.54) is 0 Å². The summed E-state index contributed by atoms with van der Waals surface area (Å²) in [7, 11) is -4.47. The van der Waals surface area contributed by atoms with E-state index in [0.29, 0.717) is 0 Å². The third-order valence-corrected chi connectivity index (χ3v) is 2.76. The van der Waals surface area contributed by atoms with Crippen LogP contribution in [-0.4, -0.2) is 44.4 Å². The maximum atomic E-state index is 10.8. The van der Waals surface area contributed by atoms with Crippen molar-refractivity contribution in [2.24, 2.45) is 0 Å². The van der Waals surface area contributed by atoms with E-state index in [1.807, 2.05) is 0 Å². The van der Waals surface area contributed by atoms with E-state index in [4.69, 9.17) is 20.0 Å². The van der Waals surface area contributed by atoms with Gasteiger partial charge in [0.1, 0.15) is 11.8 Å². The van der Waals surface area contributed by atoms with Crippen molar-refractivity contribution in [3.8, 4) is 0 Å². The number of nitrogens with one attached hydrogen (secondary N) is 1. The van der Waals surface area contributed by atoms with Crippen molar-refractivity contribution in [1.29, 1.82) is 0 Å². The van der Waals surface area contributed by atoms with Gasteiger partial charge in [-0.05, 0) is 6.42 Å². The Kier molecular flexibility index (Phi) is 5.71. The molecule has 0 spiro atoms. The molecule has 0 bridgehead atoms. The van der Waals surface area contributed by atoms with Crippen LogP contribution in [0.1, 0.15) is 6.42 Å². The zero-order chi connectivity index (χ0) is 12.1. The smallest absolute Gasteiger partial charge is 0.346 e. The fourth-order valence-electron chi connectivity index (χ4n) is 0.916. The Morgan fingerprint density at radius 2 is 2.07 bits per heavy atom. The van der Waals surface area contributed by atoms with Crippen LogP contribution >= 0.6 is 7.60 Å². The van der Waals surface area contributed by atoms with Gasteiger partial charge in [-0.1, -0.05) is 6.08 Å². The Morgan fingerprint density at radius 3 is 2.33 bits per heavy atom. The molecule has 15 heavy (non-hydrogen) atoms. The van der Waals surface area contributed by atoms with Crippen molar-refractivity contribution in [3.63, 3.8) is 0 Å². The first kappa shape index (κ1) is 14.3. The number of rotatable bonds is 7. The minimum Gasteiger partial charge on any atom is -0.480 e. The summed E-state index contributed by atoms with van der Waals surface area (Å²) in [4.78, 5) is 28.2. The highest BCUT2D eigenvalue weighted by Gasteiger charge is 2.30. The molecule has 0 fully saturated rings. The van der Waals surface area contributed by atoms with Crippen LogP contribution in [0.2, 0.25) is 0 Å². The molecule has 0 heterocycles. The molecule has 1 unspecified atom stereocenters. The van der Waals surface area contributed by atoms with Crippen LogP contribution in [0, 0.1) is 0 Å². The second kappa shape index (κ2) is 5.99. The average Bonchev–Trinajstić information content (AvgIpc) is 2.09. The first-order chi connectivity index (χ1) is 6.82. The summed E-state index contributed by atoms with van der Waals surface area (Å²) in [5, 5.41) is 19.4. The first-order valence-corrected chi connectivity index (χ1v) is 5.78. The number of carboxylic acid groups (broad SMARTS) is 1. The summed E-state index contributed by atoms with van der Waals surface area (Å²) in [6.07, 6.45) is 0.799. The molecule has 0 aliphatic heterocycles. The topological polar surface area (TPSA) is 127 Å². The van der Waals surface area contributed by atoms with Gasteiger partial charge in [-0.2, -0.15) is 0 Å². The minimum absolute atomic E-state index is 0.139. The van der Waals surface area contributed by atoms with E-state index in [9.17, 15) is 9.36 Å². The van der Waals surface area contributed by atoms with Gasteiger partial charge >= 0.3 is 13.6 Å². The Balaban J connectivity index is 4.56. The van der Waals surface area contributed by atoms with E-state index >= 15 is 0 Å². The van der Waals surface area contributed by atoms with E-state index < -0.39 is 32.0 Å². The van der Waals surface area contributed by atoms with Gasteiger partial charge in [-0.25, -0.2) is 0 Å². The number of aliphatic hydroxyl groups is 1. The predicted octanol–water partition coefficient (Wildman–Crippen LogP) is -0.899. The molecule has 0 aromatic rings. The van der Waals surface area contributed by atoms with Gasteiger partial charge < -0.3 is 20.0 Å². The van der Waals surface area contributed by atoms with Crippen molar-refractivity contribution in [3.05, 3.63) is 12.7 Å². The van der Waals surface area contributed by atoms with Gasteiger partial charge in [0.05, 0.1) is 0 Å². The zero-order valence-electron chi connectivity index (χ0n) is 7.91. The number of carbonyl (C=O) groups is 1. The van der Waals surface area contributed by atoms with Crippen LogP contribution < -0.4 is 5.32 Å². The fraction of sp³-hybridized carbons (Fsp3) is 0.571. The normalized spacial score (nSPS) is 15.7. The molecule has 0 aliphatic rings. The van der Waals surface area contributed by atoms with Crippen LogP contribution in [0.3, 0.4) is 0 Å². The summed E-state index contributed by atoms with van der Waals surface area (Å²) in [5.74, 6) is -2.71. The van der Waals surface area contributed by atoms with E-state index in [-0.39, 0.29) is 6.42 Å². The molecule has 7 nitrogen and oxygen atoms in total. The zero-order valence-corrected chi connectivity index (χ0v) is 8.80. The molecule has 0 aromatic heterocycles. The van der Waals surface area contributed by atoms with Crippen LogP contribution in [0.25, 0.3) is 0 Å². The van der Waals surface area contributed by atoms with Crippen LogP contribution in [0.5, 0.6) is 0 Å². The van der Waals surface area contributed by atoms with Crippen molar-refractivity contribution in [1.82, 2.24) is 5.32 Å². The predicted molar refractivity (Wildman–Crippen MR) is 52.3 cm³/mol. The lowest BCUT2D eigenvalue weighted by atomic mass is 10.2. The Bertz CT molecular complexity index is 275. The summed E-state index contributed by atoms with van der Waals surface area (Å²) in [5.41, 5.74) is 0. The second-order valence-electron chi connectivity index (χ2n) is 2.84. The van der Waals surface area contributed by atoms with Crippen LogP contribution in [0.4, 0.5) is 0 Å². The lowest BCUT2D eigenvalue weighted by Gasteiger charge is -2.20. The lowest BCUT2D eigenvalue weighted by molar-refractivity contribution is -0.139. The number of carboxylic acids is 1. The highest BCUT2D eigenvalue weighted by atomic mass is 31.2.